The fraction of sp³-hybridized carbons (Fsp3) is 0.333. The summed E-state index contributed by atoms with van der Waals surface area (Å²) in [5.41, 5.74) is 2.70. The lowest BCUT2D eigenvalue weighted by atomic mass is 9.97. The SMILES string of the molecule is O=c1[nH]c(=S)c2c(n1-c1ccc3c(c1)OCO3)CCCC2. The van der Waals surface area contributed by atoms with Gasteiger partial charge >= 0.3 is 5.69 Å². The van der Waals surface area contributed by atoms with Crippen LogP contribution in [-0.2, 0) is 12.8 Å². The summed E-state index contributed by atoms with van der Waals surface area (Å²) in [4.78, 5) is 15.2. The van der Waals surface area contributed by atoms with Gasteiger partial charge in [-0.2, -0.15) is 0 Å². The Morgan fingerprint density at radius 2 is 1.95 bits per heavy atom. The van der Waals surface area contributed by atoms with E-state index in [1.807, 2.05) is 18.2 Å². The minimum Gasteiger partial charge on any atom is -0.454 e. The van der Waals surface area contributed by atoms with Gasteiger partial charge in [-0.1, -0.05) is 12.2 Å². The number of fused-ring (bicyclic) bond motifs is 2. The molecule has 0 atom stereocenters. The zero-order valence-electron chi connectivity index (χ0n) is 11.3. The van der Waals surface area contributed by atoms with Crippen molar-refractivity contribution in [3.8, 4) is 17.2 Å². The number of nitrogens with one attached hydrogen (secondary N) is 1. The molecule has 21 heavy (non-hydrogen) atoms. The largest absolute Gasteiger partial charge is 0.454 e. The van der Waals surface area contributed by atoms with Crippen molar-refractivity contribution < 1.29 is 9.47 Å². The first-order valence-electron chi connectivity index (χ1n) is 7.01. The fourth-order valence-corrected chi connectivity index (χ4v) is 3.34. The quantitative estimate of drug-likeness (QED) is 0.822. The van der Waals surface area contributed by atoms with E-state index in [9.17, 15) is 4.79 Å². The molecule has 1 aromatic heterocycles. The summed E-state index contributed by atoms with van der Waals surface area (Å²) in [5, 5.41) is 0. The highest BCUT2D eigenvalue weighted by atomic mass is 32.1. The summed E-state index contributed by atoms with van der Waals surface area (Å²) in [7, 11) is 0. The summed E-state index contributed by atoms with van der Waals surface area (Å²) >= 11 is 5.30. The lowest BCUT2D eigenvalue weighted by Crippen LogP contribution is -2.28. The monoisotopic (exact) mass is 302 g/mol. The number of H-pyrrole nitrogens is 1. The molecule has 0 saturated heterocycles. The van der Waals surface area contributed by atoms with Gasteiger partial charge in [-0.05, 0) is 37.8 Å². The van der Waals surface area contributed by atoms with Gasteiger partial charge in [-0.15, -0.1) is 0 Å². The van der Waals surface area contributed by atoms with Gasteiger partial charge in [-0.3, -0.25) is 9.55 Å². The van der Waals surface area contributed by atoms with Crippen molar-refractivity contribution in [2.24, 2.45) is 0 Å². The molecular weight excluding hydrogens is 288 g/mol. The Kier molecular flexibility index (Phi) is 2.85. The van der Waals surface area contributed by atoms with Crippen LogP contribution in [0, 0.1) is 4.64 Å². The molecule has 1 N–H and O–H groups in total. The van der Waals surface area contributed by atoms with Crippen molar-refractivity contribution in [1.29, 1.82) is 0 Å². The van der Waals surface area contributed by atoms with E-state index in [1.165, 1.54) is 0 Å². The first-order valence-corrected chi connectivity index (χ1v) is 7.42. The van der Waals surface area contributed by atoms with E-state index < -0.39 is 0 Å². The number of ether oxygens (including phenoxy) is 2. The maximum atomic E-state index is 12.4. The number of nitrogens with zero attached hydrogens (tertiary/aromatic N) is 1. The molecule has 2 aliphatic rings. The minimum absolute atomic E-state index is 0.195. The van der Waals surface area contributed by atoms with Crippen LogP contribution < -0.4 is 15.2 Å². The predicted molar refractivity (Wildman–Crippen MR) is 80.0 cm³/mol. The molecule has 1 aliphatic heterocycles. The summed E-state index contributed by atoms with van der Waals surface area (Å²) in [6.45, 7) is 0.225. The first kappa shape index (κ1) is 12.6. The third-order valence-electron chi connectivity index (χ3n) is 4.02. The summed E-state index contributed by atoms with van der Waals surface area (Å²) in [5.74, 6) is 1.39. The standard InChI is InChI=1S/C15H14N2O3S/c18-15-16-14(21)10-3-1-2-4-11(10)17(15)9-5-6-12-13(7-9)20-8-19-12/h5-7H,1-4,8H2,(H,16,18,21). The number of hydrogen-bond donors (Lipinski definition) is 1. The molecule has 0 bridgehead atoms. The second-order valence-corrected chi connectivity index (χ2v) is 5.67. The number of rotatable bonds is 1. The van der Waals surface area contributed by atoms with Crippen molar-refractivity contribution in [2.45, 2.75) is 25.7 Å². The molecule has 6 heteroatoms. The third kappa shape index (κ3) is 1.98. The highest BCUT2D eigenvalue weighted by Crippen LogP contribution is 2.34. The normalized spacial score (nSPS) is 15.8. The van der Waals surface area contributed by atoms with Crippen molar-refractivity contribution in [3.63, 3.8) is 0 Å². The van der Waals surface area contributed by atoms with Crippen LogP contribution in [0.15, 0.2) is 23.0 Å². The Labute approximate surface area is 126 Å². The molecule has 1 aliphatic carbocycles. The zero-order valence-corrected chi connectivity index (χ0v) is 12.2. The summed E-state index contributed by atoms with van der Waals surface area (Å²) in [6, 6.07) is 5.55. The molecule has 5 nitrogen and oxygen atoms in total. The topological polar surface area (TPSA) is 56.2 Å². The highest BCUT2D eigenvalue weighted by Gasteiger charge is 2.20. The Balaban J connectivity index is 1.96. The van der Waals surface area contributed by atoms with Crippen molar-refractivity contribution in [1.82, 2.24) is 9.55 Å². The van der Waals surface area contributed by atoms with Crippen LogP contribution in [0.1, 0.15) is 24.1 Å². The van der Waals surface area contributed by atoms with Crippen molar-refractivity contribution in [3.05, 3.63) is 44.6 Å². The Morgan fingerprint density at radius 1 is 1.14 bits per heavy atom. The smallest absolute Gasteiger partial charge is 0.331 e. The van der Waals surface area contributed by atoms with Crippen LogP contribution >= 0.6 is 12.2 Å². The molecule has 2 heterocycles. The Bertz CT molecular complexity index is 838. The molecule has 1 aromatic carbocycles. The average Bonchev–Trinajstić information content (AvgIpc) is 2.95. The maximum absolute atomic E-state index is 12.4. The van der Waals surface area contributed by atoms with E-state index in [4.69, 9.17) is 21.7 Å². The molecule has 0 spiro atoms. The predicted octanol–water partition coefficient (Wildman–Crippen LogP) is 2.50. The van der Waals surface area contributed by atoms with Gasteiger partial charge in [0.2, 0.25) is 6.79 Å². The summed E-state index contributed by atoms with van der Waals surface area (Å²) < 4.78 is 13.0. The number of aromatic nitrogens is 2. The molecule has 0 fully saturated rings. The molecule has 108 valence electrons. The lowest BCUT2D eigenvalue weighted by Gasteiger charge is -2.20. The molecule has 0 saturated carbocycles. The number of hydrogen-bond acceptors (Lipinski definition) is 4. The second-order valence-electron chi connectivity index (χ2n) is 5.26. The Morgan fingerprint density at radius 3 is 2.86 bits per heavy atom. The van der Waals surface area contributed by atoms with Gasteiger partial charge in [0.25, 0.3) is 0 Å². The van der Waals surface area contributed by atoms with Crippen LogP contribution in [0.5, 0.6) is 11.5 Å². The number of benzene rings is 1. The van der Waals surface area contributed by atoms with E-state index in [-0.39, 0.29) is 12.5 Å². The molecule has 4 rings (SSSR count). The zero-order chi connectivity index (χ0) is 14.4. The molecular formula is C15H14N2O3S. The van der Waals surface area contributed by atoms with Crippen molar-refractivity contribution in [2.75, 3.05) is 6.79 Å². The van der Waals surface area contributed by atoms with Gasteiger partial charge in [0.1, 0.15) is 4.64 Å². The van der Waals surface area contributed by atoms with Gasteiger partial charge in [0.15, 0.2) is 11.5 Å². The average molecular weight is 302 g/mol. The van der Waals surface area contributed by atoms with Crippen LogP contribution in [-0.4, -0.2) is 16.3 Å². The molecule has 2 aromatic rings. The van der Waals surface area contributed by atoms with E-state index >= 15 is 0 Å². The van der Waals surface area contributed by atoms with Gasteiger partial charge in [-0.25, -0.2) is 4.79 Å². The van der Waals surface area contributed by atoms with Gasteiger partial charge < -0.3 is 9.47 Å². The highest BCUT2D eigenvalue weighted by molar-refractivity contribution is 7.71. The Hall–Kier alpha value is -2.08. The van der Waals surface area contributed by atoms with Crippen LogP contribution in [0.25, 0.3) is 5.69 Å². The van der Waals surface area contributed by atoms with Crippen LogP contribution in [0.2, 0.25) is 0 Å². The van der Waals surface area contributed by atoms with Crippen LogP contribution in [0.4, 0.5) is 0 Å². The maximum Gasteiger partial charge on any atom is 0.331 e. The molecule has 0 unspecified atom stereocenters. The second kappa shape index (κ2) is 4.73. The van der Waals surface area contributed by atoms with Crippen LogP contribution in [0.3, 0.4) is 0 Å². The minimum atomic E-state index is -0.195. The van der Waals surface area contributed by atoms with E-state index in [0.29, 0.717) is 16.1 Å². The summed E-state index contributed by atoms with van der Waals surface area (Å²) in [6.07, 6.45) is 3.99. The lowest BCUT2D eigenvalue weighted by molar-refractivity contribution is 0.174. The molecule has 0 radical (unpaired) electrons. The fourth-order valence-electron chi connectivity index (χ4n) is 3.03. The van der Waals surface area contributed by atoms with Crippen molar-refractivity contribution >= 4 is 12.2 Å². The first-order chi connectivity index (χ1) is 10.2. The number of aromatic amines is 1. The van der Waals surface area contributed by atoms with E-state index in [0.717, 1.165) is 42.6 Å². The third-order valence-corrected chi connectivity index (χ3v) is 4.37. The van der Waals surface area contributed by atoms with E-state index in [1.54, 1.807) is 4.57 Å². The van der Waals surface area contributed by atoms with Gasteiger partial charge in [0, 0.05) is 17.3 Å². The van der Waals surface area contributed by atoms with E-state index in [2.05, 4.69) is 4.98 Å². The van der Waals surface area contributed by atoms with Gasteiger partial charge in [0.05, 0.1) is 5.69 Å². The molecule has 0 amide bonds.